The molecule has 0 bridgehead atoms. The average Bonchev–Trinajstić information content (AvgIpc) is 2.87. The van der Waals surface area contributed by atoms with Gasteiger partial charge in [0.1, 0.15) is 0 Å². The van der Waals surface area contributed by atoms with Crippen molar-refractivity contribution < 1.29 is 9.53 Å². The van der Waals surface area contributed by atoms with E-state index in [9.17, 15) is 4.79 Å². The smallest absolute Gasteiger partial charge is 0.222 e. The van der Waals surface area contributed by atoms with E-state index in [1.165, 1.54) is 49.9 Å². The van der Waals surface area contributed by atoms with Crippen LogP contribution in [0.25, 0.3) is 0 Å². The Labute approximate surface area is 169 Å². The SMILES string of the molecule is COC(CN)CC(=O)NCc1ccccc1CN1CCCCCC1.Cl.Cl. The number of likely N-dealkylation sites (tertiary alicyclic amines) is 1. The van der Waals surface area contributed by atoms with Gasteiger partial charge in [0, 0.05) is 26.7 Å². The molecule has 1 heterocycles. The topological polar surface area (TPSA) is 67.6 Å². The third-order valence-corrected chi connectivity index (χ3v) is 4.70. The van der Waals surface area contributed by atoms with Crippen molar-refractivity contribution in [1.29, 1.82) is 0 Å². The Balaban J connectivity index is 0.00000312. The largest absolute Gasteiger partial charge is 0.380 e. The lowest BCUT2D eigenvalue weighted by atomic mass is 10.1. The van der Waals surface area contributed by atoms with Gasteiger partial charge in [-0.15, -0.1) is 24.8 Å². The number of hydrogen-bond acceptors (Lipinski definition) is 4. The number of halogens is 2. The molecule has 150 valence electrons. The molecular weight excluding hydrogens is 373 g/mol. The minimum absolute atomic E-state index is 0. The van der Waals surface area contributed by atoms with Crippen LogP contribution in [0.3, 0.4) is 0 Å². The van der Waals surface area contributed by atoms with Crippen LogP contribution in [0, 0.1) is 0 Å². The van der Waals surface area contributed by atoms with Crippen molar-refractivity contribution in [2.24, 2.45) is 5.73 Å². The van der Waals surface area contributed by atoms with E-state index in [1.807, 2.05) is 6.07 Å². The normalized spacial score (nSPS) is 15.9. The van der Waals surface area contributed by atoms with Gasteiger partial charge in [0.15, 0.2) is 0 Å². The first-order chi connectivity index (χ1) is 11.7. The first-order valence-electron chi connectivity index (χ1n) is 9.01. The van der Waals surface area contributed by atoms with Crippen molar-refractivity contribution in [3.05, 3.63) is 35.4 Å². The summed E-state index contributed by atoms with van der Waals surface area (Å²) in [6.45, 7) is 4.23. The molecule has 0 aliphatic carbocycles. The number of amides is 1. The van der Waals surface area contributed by atoms with Gasteiger partial charge in [0.2, 0.25) is 5.91 Å². The molecular formula is C19H33Cl2N3O2. The molecule has 1 fully saturated rings. The summed E-state index contributed by atoms with van der Waals surface area (Å²) in [6, 6.07) is 8.38. The number of nitrogens with two attached hydrogens (primary N) is 1. The molecule has 1 aliphatic rings. The van der Waals surface area contributed by atoms with Crippen LogP contribution >= 0.6 is 24.8 Å². The summed E-state index contributed by atoms with van der Waals surface area (Å²) in [5.41, 5.74) is 8.07. The minimum Gasteiger partial charge on any atom is -0.380 e. The maximum absolute atomic E-state index is 12.0. The molecule has 7 heteroatoms. The van der Waals surface area contributed by atoms with Gasteiger partial charge in [-0.2, -0.15) is 0 Å². The quantitative estimate of drug-likeness (QED) is 0.697. The molecule has 1 atom stereocenters. The molecule has 0 saturated carbocycles. The number of carbonyl (C=O) groups excluding carboxylic acids is 1. The van der Waals surface area contributed by atoms with Gasteiger partial charge in [-0.05, 0) is 37.1 Å². The maximum Gasteiger partial charge on any atom is 0.222 e. The first-order valence-corrected chi connectivity index (χ1v) is 9.01. The average molecular weight is 406 g/mol. The molecule has 0 spiro atoms. The fourth-order valence-corrected chi connectivity index (χ4v) is 3.16. The van der Waals surface area contributed by atoms with Gasteiger partial charge >= 0.3 is 0 Å². The third kappa shape index (κ3) is 8.69. The fraction of sp³-hybridized carbons (Fsp3) is 0.632. The molecule has 1 aliphatic heterocycles. The van der Waals surface area contributed by atoms with Gasteiger partial charge < -0.3 is 15.8 Å². The van der Waals surface area contributed by atoms with Crippen molar-refractivity contribution in [1.82, 2.24) is 10.2 Å². The van der Waals surface area contributed by atoms with Crippen molar-refractivity contribution in [3.8, 4) is 0 Å². The summed E-state index contributed by atoms with van der Waals surface area (Å²) in [6.07, 6.45) is 5.36. The van der Waals surface area contributed by atoms with Gasteiger partial charge in [-0.25, -0.2) is 0 Å². The summed E-state index contributed by atoms with van der Waals surface area (Å²) in [5.74, 6) is -0.0168. The van der Waals surface area contributed by atoms with E-state index in [0.717, 1.165) is 6.54 Å². The molecule has 0 aromatic heterocycles. The van der Waals surface area contributed by atoms with E-state index in [0.29, 0.717) is 19.5 Å². The Bertz CT molecular complexity index is 505. The molecule has 1 saturated heterocycles. The number of ether oxygens (including phenoxy) is 1. The third-order valence-electron chi connectivity index (χ3n) is 4.70. The van der Waals surface area contributed by atoms with Crippen LogP contribution in [0.1, 0.15) is 43.2 Å². The predicted octanol–water partition coefficient (Wildman–Crippen LogP) is 2.89. The maximum atomic E-state index is 12.0. The van der Waals surface area contributed by atoms with Crippen LogP contribution < -0.4 is 11.1 Å². The highest BCUT2D eigenvalue weighted by atomic mass is 35.5. The number of hydrogen-bond donors (Lipinski definition) is 2. The van der Waals surface area contributed by atoms with E-state index in [4.69, 9.17) is 10.5 Å². The van der Waals surface area contributed by atoms with Crippen LogP contribution in [-0.2, 0) is 22.6 Å². The molecule has 1 amide bonds. The highest BCUT2D eigenvalue weighted by molar-refractivity contribution is 5.85. The Hall–Kier alpha value is -0.850. The zero-order valence-corrected chi connectivity index (χ0v) is 17.2. The number of carbonyl (C=O) groups is 1. The summed E-state index contributed by atoms with van der Waals surface area (Å²) >= 11 is 0. The van der Waals surface area contributed by atoms with Gasteiger partial charge in [0.05, 0.1) is 12.5 Å². The van der Waals surface area contributed by atoms with Crippen molar-refractivity contribution in [3.63, 3.8) is 0 Å². The van der Waals surface area contributed by atoms with Gasteiger partial charge in [-0.1, -0.05) is 37.1 Å². The Morgan fingerprint density at radius 2 is 1.77 bits per heavy atom. The zero-order chi connectivity index (χ0) is 17.2. The molecule has 1 aromatic carbocycles. The van der Waals surface area contributed by atoms with Gasteiger partial charge in [0.25, 0.3) is 0 Å². The number of methoxy groups -OCH3 is 1. The predicted molar refractivity (Wildman–Crippen MR) is 111 cm³/mol. The number of nitrogens with zero attached hydrogens (tertiary/aromatic N) is 1. The Kier molecular flexibility index (Phi) is 13.8. The summed E-state index contributed by atoms with van der Waals surface area (Å²) in [7, 11) is 1.58. The highest BCUT2D eigenvalue weighted by Crippen LogP contribution is 2.16. The fourth-order valence-electron chi connectivity index (χ4n) is 3.16. The van der Waals surface area contributed by atoms with Crippen molar-refractivity contribution in [2.45, 2.75) is 51.3 Å². The molecule has 26 heavy (non-hydrogen) atoms. The highest BCUT2D eigenvalue weighted by Gasteiger charge is 2.14. The van der Waals surface area contributed by atoms with Crippen LogP contribution in [0.15, 0.2) is 24.3 Å². The van der Waals surface area contributed by atoms with E-state index in [-0.39, 0.29) is 36.8 Å². The van der Waals surface area contributed by atoms with Gasteiger partial charge in [-0.3, -0.25) is 9.69 Å². The molecule has 1 aromatic rings. The monoisotopic (exact) mass is 405 g/mol. The number of benzene rings is 1. The Morgan fingerprint density at radius 3 is 2.35 bits per heavy atom. The van der Waals surface area contributed by atoms with Crippen molar-refractivity contribution >= 4 is 30.7 Å². The lowest BCUT2D eigenvalue weighted by Crippen LogP contribution is -2.32. The lowest BCUT2D eigenvalue weighted by molar-refractivity contribution is -0.123. The molecule has 2 rings (SSSR count). The van der Waals surface area contributed by atoms with E-state index in [1.54, 1.807) is 7.11 Å². The van der Waals surface area contributed by atoms with Crippen LogP contribution in [0.5, 0.6) is 0 Å². The second-order valence-corrected chi connectivity index (χ2v) is 6.53. The zero-order valence-electron chi connectivity index (χ0n) is 15.6. The van der Waals surface area contributed by atoms with Crippen LogP contribution in [-0.4, -0.2) is 43.7 Å². The second-order valence-electron chi connectivity index (χ2n) is 6.53. The molecule has 5 nitrogen and oxygen atoms in total. The molecule has 1 unspecified atom stereocenters. The lowest BCUT2D eigenvalue weighted by Gasteiger charge is -2.21. The van der Waals surface area contributed by atoms with E-state index >= 15 is 0 Å². The van der Waals surface area contributed by atoms with Crippen LogP contribution in [0.4, 0.5) is 0 Å². The Morgan fingerprint density at radius 1 is 1.15 bits per heavy atom. The number of rotatable bonds is 8. The van der Waals surface area contributed by atoms with Crippen LogP contribution in [0.2, 0.25) is 0 Å². The number of nitrogens with one attached hydrogen (secondary N) is 1. The van der Waals surface area contributed by atoms with Crippen molar-refractivity contribution in [2.75, 3.05) is 26.7 Å². The first kappa shape index (κ1) is 25.1. The minimum atomic E-state index is -0.211. The summed E-state index contributed by atoms with van der Waals surface area (Å²) in [5, 5.41) is 3.00. The second kappa shape index (κ2) is 14.2. The van der Waals surface area contributed by atoms with E-state index < -0.39 is 0 Å². The molecule has 0 radical (unpaired) electrons. The standard InChI is InChI=1S/C19H31N3O2.2ClH/c1-24-18(13-20)12-19(23)21-14-16-8-4-5-9-17(16)15-22-10-6-2-3-7-11-22;;/h4-5,8-9,18H,2-3,6-7,10-15,20H2,1H3,(H,21,23);2*1H. The van der Waals surface area contributed by atoms with E-state index in [2.05, 4.69) is 28.4 Å². The summed E-state index contributed by atoms with van der Waals surface area (Å²) in [4.78, 5) is 14.6. The molecule has 3 N–H and O–H groups in total. The summed E-state index contributed by atoms with van der Waals surface area (Å²) < 4.78 is 5.17.